The Morgan fingerprint density at radius 2 is 1.92 bits per heavy atom. The topological polar surface area (TPSA) is 75.7 Å². The number of carbonyl (C=O) groups excluding carboxylic acids is 3. The molecule has 0 aliphatic carbocycles. The van der Waals surface area contributed by atoms with E-state index in [9.17, 15) is 14.4 Å². The minimum absolute atomic E-state index is 0.0205. The van der Waals surface area contributed by atoms with Gasteiger partial charge >= 0.3 is 5.97 Å². The second-order valence-corrected chi connectivity index (χ2v) is 5.51. The molecule has 2 amide bonds. The van der Waals surface area contributed by atoms with E-state index in [-0.39, 0.29) is 12.5 Å². The van der Waals surface area contributed by atoms with Gasteiger partial charge in [0, 0.05) is 36.5 Å². The largest absolute Gasteiger partial charge is 0.463 e. The van der Waals surface area contributed by atoms with Crippen LogP contribution in [0.15, 0.2) is 36.4 Å². The molecule has 2 rings (SSSR count). The standard InChI is InChI=1S/C18H22N2O4/c1-2-24-17(22)10-9-16(21)19-15-8-6-7-14(13-15)18(23)20-11-4-3-5-12-20/h6-10,13H,2-5,11-12H2,1H3,(H,19,21)/b10-9+. The molecule has 1 aliphatic heterocycles. The molecule has 128 valence electrons. The second-order valence-electron chi connectivity index (χ2n) is 5.51. The van der Waals surface area contributed by atoms with E-state index in [1.807, 2.05) is 4.90 Å². The van der Waals surface area contributed by atoms with E-state index in [1.165, 1.54) is 0 Å². The number of likely N-dealkylation sites (tertiary alicyclic amines) is 1. The summed E-state index contributed by atoms with van der Waals surface area (Å²) in [7, 11) is 0. The Labute approximate surface area is 141 Å². The van der Waals surface area contributed by atoms with Crippen LogP contribution < -0.4 is 5.32 Å². The molecule has 24 heavy (non-hydrogen) atoms. The number of piperidine rings is 1. The van der Waals surface area contributed by atoms with Crippen LogP contribution in [0, 0.1) is 0 Å². The summed E-state index contributed by atoms with van der Waals surface area (Å²) in [6, 6.07) is 6.80. The van der Waals surface area contributed by atoms with E-state index in [0.717, 1.165) is 44.5 Å². The fraction of sp³-hybridized carbons (Fsp3) is 0.389. The molecule has 1 N–H and O–H groups in total. The van der Waals surface area contributed by atoms with Gasteiger partial charge in [0.05, 0.1) is 6.61 Å². The minimum Gasteiger partial charge on any atom is -0.463 e. The molecule has 6 nitrogen and oxygen atoms in total. The van der Waals surface area contributed by atoms with Crippen molar-refractivity contribution in [2.24, 2.45) is 0 Å². The van der Waals surface area contributed by atoms with Crippen molar-refractivity contribution in [2.75, 3.05) is 25.0 Å². The summed E-state index contributed by atoms with van der Waals surface area (Å²) in [5.74, 6) is -1.04. The number of nitrogens with one attached hydrogen (secondary N) is 1. The number of nitrogens with zero attached hydrogens (tertiary/aromatic N) is 1. The van der Waals surface area contributed by atoms with Gasteiger partial charge in [0.25, 0.3) is 5.91 Å². The zero-order chi connectivity index (χ0) is 17.4. The number of carbonyl (C=O) groups is 3. The second kappa shape index (κ2) is 8.86. The van der Waals surface area contributed by atoms with Gasteiger partial charge in [-0.2, -0.15) is 0 Å². The number of benzene rings is 1. The van der Waals surface area contributed by atoms with Crippen molar-refractivity contribution in [3.05, 3.63) is 42.0 Å². The summed E-state index contributed by atoms with van der Waals surface area (Å²) in [5, 5.41) is 2.63. The number of anilines is 1. The number of hydrogen-bond donors (Lipinski definition) is 1. The molecule has 0 saturated carbocycles. The van der Waals surface area contributed by atoms with E-state index in [0.29, 0.717) is 11.3 Å². The SMILES string of the molecule is CCOC(=O)/C=C/C(=O)Nc1cccc(C(=O)N2CCCCC2)c1. The molecule has 0 unspecified atom stereocenters. The first-order valence-corrected chi connectivity index (χ1v) is 8.15. The van der Waals surface area contributed by atoms with Crippen LogP contribution in [0.1, 0.15) is 36.5 Å². The zero-order valence-electron chi connectivity index (χ0n) is 13.8. The average molecular weight is 330 g/mol. The molecule has 1 aromatic rings. The highest BCUT2D eigenvalue weighted by Gasteiger charge is 2.18. The third-order valence-corrected chi connectivity index (χ3v) is 3.68. The molecule has 1 heterocycles. The molecule has 0 spiro atoms. The maximum atomic E-state index is 12.5. The third-order valence-electron chi connectivity index (χ3n) is 3.68. The van der Waals surface area contributed by atoms with Gasteiger partial charge in [0.2, 0.25) is 5.91 Å². The Kier molecular flexibility index (Phi) is 6.54. The first-order chi connectivity index (χ1) is 11.6. The van der Waals surface area contributed by atoms with Crippen LogP contribution in [0.3, 0.4) is 0 Å². The lowest BCUT2D eigenvalue weighted by Crippen LogP contribution is -2.35. The van der Waals surface area contributed by atoms with Crippen molar-refractivity contribution in [3.8, 4) is 0 Å². The lowest BCUT2D eigenvalue weighted by molar-refractivity contribution is -0.137. The lowest BCUT2D eigenvalue weighted by Gasteiger charge is -2.26. The highest BCUT2D eigenvalue weighted by molar-refractivity contribution is 6.03. The van der Waals surface area contributed by atoms with Crippen LogP contribution in [-0.2, 0) is 14.3 Å². The van der Waals surface area contributed by atoms with Gasteiger partial charge in [0.15, 0.2) is 0 Å². The van der Waals surface area contributed by atoms with E-state index >= 15 is 0 Å². The third kappa shape index (κ3) is 5.22. The number of amides is 2. The Hall–Kier alpha value is -2.63. The first-order valence-electron chi connectivity index (χ1n) is 8.15. The molecule has 0 radical (unpaired) electrons. The number of ether oxygens (including phenoxy) is 1. The van der Waals surface area contributed by atoms with E-state index < -0.39 is 11.9 Å². The summed E-state index contributed by atoms with van der Waals surface area (Å²) in [5.41, 5.74) is 1.06. The summed E-state index contributed by atoms with van der Waals surface area (Å²) in [6.07, 6.45) is 5.40. The van der Waals surface area contributed by atoms with Crippen molar-refractivity contribution >= 4 is 23.5 Å². The Morgan fingerprint density at radius 3 is 2.62 bits per heavy atom. The first kappa shape index (κ1) is 17.7. The van der Waals surface area contributed by atoms with Crippen molar-refractivity contribution in [1.29, 1.82) is 0 Å². The van der Waals surface area contributed by atoms with E-state index in [2.05, 4.69) is 5.32 Å². The Morgan fingerprint density at radius 1 is 1.17 bits per heavy atom. The fourth-order valence-electron chi connectivity index (χ4n) is 2.53. The van der Waals surface area contributed by atoms with Crippen molar-refractivity contribution in [3.63, 3.8) is 0 Å². The van der Waals surface area contributed by atoms with Crippen molar-refractivity contribution in [2.45, 2.75) is 26.2 Å². The average Bonchev–Trinajstić information content (AvgIpc) is 2.60. The fourth-order valence-corrected chi connectivity index (χ4v) is 2.53. The summed E-state index contributed by atoms with van der Waals surface area (Å²) in [4.78, 5) is 37.3. The van der Waals surface area contributed by atoms with Gasteiger partial charge < -0.3 is 15.0 Å². The smallest absolute Gasteiger partial charge is 0.330 e. The lowest BCUT2D eigenvalue weighted by atomic mass is 10.1. The van der Waals surface area contributed by atoms with E-state index in [1.54, 1.807) is 31.2 Å². The van der Waals surface area contributed by atoms with Gasteiger partial charge in [-0.3, -0.25) is 9.59 Å². The number of rotatable bonds is 5. The van der Waals surface area contributed by atoms with Crippen LogP contribution in [0.5, 0.6) is 0 Å². The molecular weight excluding hydrogens is 308 g/mol. The molecular formula is C18H22N2O4. The van der Waals surface area contributed by atoms with Crippen LogP contribution in [0.25, 0.3) is 0 Å². The molecule has 1 aliphatic rings. The molecule has 0 atom stereocenters. The van der Waals surface area contributed by atoms with Crippen LogP contribution in [0.4, 0.5) is 5.69 Å². The van der Waals surface area contributed by atoms with Crippen molar-refractivity contribution < 1.29 is 19.1 Å². The Balaban J connectivity index is 1.98. The van der Waals surface area contributed by atoms with E-state index in [4.69, 9.17) is 4.74 Å². The molecule has 1 saturated heterocycles. The summed E-state index contributed by atoms with van der Waals surface area (Å²) < 4.78 is 4.70. The predicted molar refractivity (Wildman–Crippen MR) is 90.6 cm³/mol. The van der Waals surface area contributed by atoms with Crippen LogP contribution in [0.2, 0.25) is 0 Å². The highest BCUT2D eigenvalue weighted by Crippen LogP contribution is 2.16. The van der Waals surface area contributed by atoms with Crippen molar-refractivity contribution in [1.82, 2.24) is 4.90 Å². The molecule has 1 fully saturated rings. The maximum Gasteiger partial charge on any atom is 0.330 e. The van der Waals surface area contributed by atoms with Gasteiger partial charge in [-0.25, -0.2) is 4.79 Å². The normalized spacial score (nSPS) is 14.5. The summed E-state index contributed by atoms with van der Waals surface area (Å²) >= 11 is 0. The quantitative estimate of drug-likeness (QED) is 0.664. The molecule has 6 heteroatoms. The van der Waals surface area contributed by atoms with Crippen LogP contribution in [-0.4, -0.2) is 42.4 Å². The zero-order valence-corrected chi connectivity index (χ0v) is 13.8. The van der Waals surface area contributed by atoms with Crippen LogP contribution >= 0.6 is 0 Å². The molecule has 1 aromatic carbocycles. The number of esters is 1. The minimum atomic E-state index is -0.568. The van der Waals surface area contributed by atoms with Gasteiger partial charge in [-0.05, 0) is 44.4 Å². The summed E-state index contributed by atoms with van der Waals surface area (Å²) in [6.45, 7) is 3.50. The van der Waals surface area contributed by atoms with Gasteiger partial charge in [-0.1, -0.05) is 6.07 Å². The maximum absolute atomic E-state index is 12.5. The highest BCUT2D eigenvalue weighted by atomic mass is 16.5. The number of hydrogen-bond acceptors (Lipinski definition) is 4. The predicted octanol–water partition coefficient (Wildman–Crippen LogP) is 2.37. The monoisotopic (exact) mass is 330 g/mol. The molecule has 0 aromatic heterocycles. The Bertz CT molecular complexity index is 634. The van der Waals surface area contributed by atoms with Gasteiger partial charge in [0.1, 0.15) is 0 Å². The van der Waals surface area contributed by atoms with Gasteiger partial charge in [-0.15, -0.1) is 0 Å². The molecule has 0 bridgehead atoms.